The minimum Gasteiger partial charge on any atom is -0.465 e. The van der Waals surface area contributed by atoms with E-state index in [0.29, 0.717) is 5.82 Å². The number of anilines is 1. The smallest absolute Gasteiger partial charge is 0.410 e. The second kappa shape index (κ2) is 2.78. The lowest BCUT2D eigenvalue weighted by molar-refractivity contribution is 0.209. The van der Waals surface area contributed by atoms with E-state index in [4.69, 9.17) is 5.11 Å². The van der Waals surface area contributed by atoms with Crippen molar-refractivity contribution in [3.05, 3.63) is 24.5 Å². The van der Waals surface area contributed by atoms with Crippen LogP contribution in [-0.2, 0) is 0 Å². The number of pyridine rings is 1. The monoisotopic (exact) mass is 177 g/mol. The molecule has 5 heteroatoms. The van der Waals surface area contributed by atoms with Crippen molar-refractivity contribution < 1.29 is 9.90 Å². The highest BCUT2D eigenvalue weighted by Gasteiger charge is 2.00. The molecule has 0 saturated carbocycles. The minimum atomic E-state index is -1.11. The molecule has 0 radical (unpaired) electrons. The van der Waals surface area contributed by atoms with Crippen LogP contribution in [0.3, 0.4) is 0 Å². The predicted octanol–water partition coefficient (Wildman–Crippen LogP) is 1.65. The summed E-state index contributed by atoms with van der Waals surface area (Å²) in [6.45, 7) is 0. The van der Waals surface area contributed by atoms with Gasteiger partial charge in [0.2, 0.25) is 0 Å². The van der Waals surface area contributed by atoms with Crippen molar-refractivity contribution in [1.82, 2.24) is 9.97 Å². The molecule has 0 aliphatic carbocycles. The van der Waals surface area contributed by atoms with Crippen LogP contribution in [0, 0.1) is 0 Å². The van der Waals surface area contributed by atoms with E-state index in [1.54, 1.807) is 18.5 Å². The first-order valence-electron chi connectivity index (χ1n) is 3.69. The first kappa shape index (κ1) is 7.60. The fraction of sp³-hybridized carbons (Fsp3) is 0. The summed E-state index contributed by atoms with van der Waals surface area (Å²) in [5.74, 6) is 0.322. The van der Waals surface area contributed by atoms with E-state index in [9.17, 15) is 4.79 Å². The first-order valence-corrected chi connectivity index (χ1v) is 3.69. The van der Waals surface area contributed by atoms with Gasteiger partial charge in [-0.1, -0.05) is 0 Å². The third-order valence-electron chi connectivity index (χ3n) is 1.67. The summed E-state index contributed by atoms with van der Waals surface area (Å²) in [7, 11) is 0. The Hall–Kier alpha value is -2.04. The van der Waals surface area contributed by atoms with Gasteiger partial charge in [0, 0.05) is 23.8 Å². The van der Waals surface area contributed by atoms with Gasteiger partial charge in [0.25, 0.3) is 0 Å². The summed E-state index contributed by atoms with van der Waals surface area (Å²) < 4.78 is 0. The van der Waals surface area contributed by atoms with Gasteiger partial charge in [-0.25, -0.2) is 9.78 Å². The normalized spacial score (nSPS) is 10.2. The fourth-order valence-electron chi connectivity index (χ4n) is 1.12. The van der Waals surface area contributed by atoms with E-state index >= 15 is 0 Å². The average molecular weight is 177 g/mol. The Morgan fingerprint density at radius 3 is 3.23 bits per heavy atom. The summed E-state index contributed by atoms with van der Waals surface area (Å²) in [6.07, 6.45) is 2.27. The highest BCUT2D eigenvalue weighted by molar-refractivity contribution is 5.86. The van der Waals surface area contributed by atoms with E-state index in [-0.39, 0.29) is 0 Å². The summed E-state index contributed by atoms with van der Waals surface area (Å²) >= 11 is 0. The maximum Gasteiger partial charge on any atom is 0.410 e. The first-order chi connectivity index (χ1) is 6.25. The van der Waals surface area contributed by atoms with Crippen molar-refractivity contribution in [2.75, 3.05) is 5.32 Å². The summed E-state index contributed by atoms with van der Waals surface area (Å²) in [6, 6.07) is 3.51. The number of aromatic nitrogens is 2. The quantitative estimate of drug-likeness (QED) is 0.619. The van der Waals surface area contributed by atoms with Crippen LogP contribution in [0.2, 0.25) is 0 Å². The maximum atomic E-state index is 10.3. The zero-order valence-corrected chi connectivity index (χ0v) is 6.61. The van der Waals surface area contributed by atoms with Crippen molar-refractivity contribution in [2.45, 2.75) is 0 Å². The van der Waals surface area contributed by atoms with Gasteiger partial charge >= 0.3 is 6.09 Å². The number of aromatic amines is 1. The number of H-pyrrole nitrogens is 1. The van der Waals surface area contributed by atoms with Crippen molar-refractivity contribution >= 4 is 22.8 Å². The van der Waals surface area contributed by atoms with E-state index in [1.165, 1.54) is 0 Å². The minimum absolute atomic E-state index is 0.322. The molecular weight excluding hydrogens is 170 g/mol. The van der Waals surface area contributed by atoms with Gasteiger partial charge in [0.15, 0.2) is 0 Å². The largest absolute Gasteiger partial charge is 0.465 e. The third-order valence-corrected chi connectivity index (χ3v) is 1.67. The number of hydrogen-bond acceptors (Lipinski definition) is 2. The molecule has 0 unspecified atom stereocenters. The lowest BCUT2D eigenvalue weighted by Gasteiger charge is -1.98. The number of nitrogens with zero attached hydrogens (tertiary/aromatic N) is 1. The predicted molar refractivity (Wildman–Crippen MR) is 47.7 cm³/mol. The molecule has 2 aromatic heterocycles. The molecule has 0 atom stereocenters. The van der Waals surface area contributed by atoms with E-state index in [0.717, 1.165) is 10.9 Å². The molecule has 1 amide bonds. The second-order valence-corrected chi connectivity index (χ2v) is 2.56. The number of carbonyl (C=O) groups is 1. The number of carboxylic acid groups (broad SMARTS) is 1. The van der Waals surface area contributed by atoms with Gasteiger partial charge in [0.1, 0.15) is 5.82 Å². The van der Waals surface area contributed by atoms with Crippen molar-refractivity contribution in [1.29, 1.82) is 0 Å². The molecule has 0 bridgehead atoms. The highest BCUT2D eigenvalue weighted by Crippen LogP contribution is 2.14. The van der Waals surface area contributed by atoms with E-state index in [1.807, 2.05) is 6.07 Å². The standard InChI is InChI=1S/C8H7N3O2/c12-8(13)11-7-3-6-5(4-10-7)1-2-9-6/h1-4,9H,(H,10,11)(H,12,13). The van der Waals surface area contributed by atoms with Crippen LogP contribution < -0.4 is 5.32 Å². The zero-order valence-electron chi connectivity index (χ0n) is 6.61. The Morgan fingerprint density at radius 2 is 2.46 bits per heavy atom. The Kier molecular flexibility index (Phi) is 1.63. The van der Waals surface area contributed by atoms with Crippen molar-refractivity contribution in [3.8, 4) is 0 Å². The van der Waals surface area contributed by atoms with Crippen LogP contribution in [0.5, 0.6) is 0 Å². The topological polar surface area (TPSA) is 78.0 Å². The van der Waals surface area contributed by atoms with Crippen LogP contribution in [0.25, 0.3) is 10.9 Å². The number of hydrogen-bond donors (Lipinski definition) is 3. The molecule has 2 aromatic rings. The Labute approximate surface area is 73.4 Å². The number of amides is 1. The molecular formula is C8H7N3O2. The van der Waals surface area contributed by atoms with E-state index < -0.39 is 6.09 Å². The van der Waals surface area contributed by atoms with Crippen LogP contribution in [0.15, 0.2) is 24.5 Å². The SMILES string of the molecule is O=C(O)Nc1cc2[nH]ccc2cn1. The highest BCUT2D eigenvalue weighted by atomic mass is 16.4. The van der Waals surface area contributed by atoms with Gasteiger partial charge in [-0.05, 0) is 6.07 Å². The molecule has 0 saturated heterocycles. The molecule has 0 fully saturated rings. The molecule has 2 heterocycles. The Balaban J connectivity index is 2.42. The van der Waals surface area contributed by atoms with Crippen LogP contribution in [-0.4, -0.2) is 21.2 Å². The van der Waals surface area contributed by atoms with Gasteiger partial charge in [0.05, 0.1) is 5.52 Å². The van der Waals surface area contributed by atoms with Gasteiger partial charge in [-0.3, -0.25) is 5.32 Å². The average Bonchev–Trinajstić information content (AvgIpc) is 2.49. The van der Waals surface area contributed by atoms with Crippen LogP contribution >= 0.6 is 0 Å². The van der Waals surface area contributed by atoms with Gasteiger partial charge < -0.3 is 10.1 Å². The second-order valence-electron chi connectivity index (χ2n) is 2.56. The summed E-state index contributed by atoms with van der Waals surface area (Å²) in [4.78, 5) is 17.1. The molecule has 66 valence electrons. The van der Waals surface area contributed by atoms with Gasteiger partial charge in [-0.15, -0.1) is 0 Å². The van der Waals surface area contributed by atoms with Crippen molar-refractivity contribution in [2.24, 2.45) is 0 Å². The van der Waals surface area contributed by atoms with Crippen molar-refractivity contribution in [3.63, 3.8) is 0 Å². The molecule has 3 N–H and O–H groups in total. The molecule has 13 heavy (non-hydrogen) atoms. The summed E-state index contributed by atoms with van der Waals surface area (Å²) in [5, 5.41) is 11.6. The fourth-order valence-corrected chi connectivity index (χ4v) is 1.12. The molecule has 2 rings (SSSR count). The Bertz CT molecular complexity index is 449. The summed E-state index contributed by atoms with van der Waals surface area (Å²) in [5.41, 5.74) is 0.860. The molecule has 0 spiro atoms. The molecule has 0 aliphatic heterocycles. The Morgan fingerprint density at radius 1 is 1.62 bits per heavy atom. The lowest BCUT2D eigenvalue weighted by atomic mass is 10.3. The lowest BCUT2D eigenvalue weighted by Crippen LogP contribution is -2.08. The molecule has 0 aromatic carbocycles. The molecule has 0 aliphatic rings. The maximum absolute atomic E-state index is 10.3. The number of rotatable bonds is 1. The van der Waals surface area contributed by atoms with Crippen LogP contribution in [0.1, 0.15) is 0 Å². The number of nitrogens with one attached hydrogen (secondary N) is 2. The van der Waals surface area contributed by atoms with E-state index in [2.05, 4.69) is 15.3 Å². The number of fused-ring (bicyclic) bond motifs is 1. The van der Waals surface area contributed by atoms with Crippen LogP contribution in [0.4, 0.5) is 10.6 Å². The zero-order chi connectivity index (χ0) is 9.26. The molecule has 5 nitrogen and oxygen atoms in total. The van der Waals surface area contributed by atoms with Gasteiger partial charge in [-0.2, -0.15) is 0 Å². The third kappa shape index (κ3) is 1.44.